The first-order valence-corrected chi connectivity index (χ1v) is 9.02. The monoisotopic (exact) mass is 344 g/mol. The number of esters is 1. The molecule has 0 aromatic heterocycles. The molecule has 1 saturated heterocycles. The average Bonchev–Trinajstić information content (AvgIpc) is 2.90. The van der Waals surface area contributed by atoms with Gasteiger partial charge in [0.2, 0.25) is 0 Å². The second kappa shape index (κ2) is 12.4. The third-order valence-corrected chi connectivity index (χ3v) is 4.14. The summed E-state index contributed by atoms with van der Waals surface area (Å²) in [7, 11) is 0. The first-order chi connectivity index (χ1) is 11.6. The number of ether oxygens (including phenoxy) is 2. The van der Waals surface area contributed by atoms with Crippen LogP contribution >= 0.6 is 0 Å². The van der Waals surface area contributed by atoms with E-state index < -0.39 is 24.4 Å². The maximum atomic E-state index is 11.6. The van der Waals surface area contributed by atoms with E-state index >= 15 is 0 Å². The minimum atomic E-state index is -1.15. The van der Waals surface area contributed by atoms with Crippen LogP contribution in [0.3, 0.4) is 0 Å². The van der Waals surface area contributed by atoms with Crippen molar-refractivity contribution in [2.24, 2.45) is 0 Å². The summed E-state index contributed by atoms with van der Waals surface area (Å²) in [4.78, 5) is 11.6. The highest BCUT2D eigenvalue weighted by molar-refractivity contribution is 5.69. The van der Waals surface area contributed by atoms with Crippen molar-refractivity contribution in [3.63, 3.8) is 0 Å². The standard InChI is InChI=1S/C18H32O6/c1-2-3-4-5-6-7-8-9-10-11-16(21)23-13-15(20)18-17(22)14(19)12-24-18/h3-4,14-15,17-20,22H,2,5-13H2,1H3/b4-3+. The third kappa shape index (κ3) is 8.24. The van der Waals surface area contributed by atoms with Crippen molar-refractivity contribution >= 4 is 5.97 Å². The summed E-state index contributed by atoms with van der Waals surface area (Å²) in [6, 6.07) is 0. The summed E-state index contributed by atoms with van der Waals surface area (Å²) >= 11 is 0. The number of aliphatic hydroxyl groups is 3. The molecule has 4 unspecified atom stereocenters. The Balaban J connectivity index is 1.99. The van der Waals surface area contributed by atoms with Gasteiger partial charge < -0.3 is 24.8 Å². The molecule has 1 heterocycles. The van der Waals surface area contributed by atoms with Crippen LogP contribution in [0.5, 0.6) is 0 Å². The molecular formula is C18H32O6. The summed E-state index contributed by atoms with van der Waals surface area (Å²) in [5.74, 6) is -0.354. The Bertz CT molecular complexity index is 371. The van der Waals surface area contributed by atoms with Gasteiger partial charge in [-0.25, -0.2) is 0 Å². The molecule has 1 rings (SSSR count). The molecular weight excluding hydrogens is 312 g/mol. The highest BCUT2D eigenvalue weighted by atomic mass is 16.6. The number of hydrogen-bond acceptors (Lipinski definition) is 6. The fourth-order valence-corrected chi connectivity index (χ4v) is 2.66. The summed E-state index contributed by atoms with van der Waals surface area (Å²) in [5, 5.41) is 28.8. The Morgan fingerprint density at radius 3 is 2.58 bits per heavy atom. The Hall–Kier alpha value is -0.950. The van der Waals surface area contributed by atoms with Crippen LogP contribution in [0.4, 0.5) is 0 Å². The molecule has 1 fully saturated rings. The van der Waals surface area contributed by atoms with E-state index in [0.717, 1.165) is 32.1 Å². The van der Waals surface area contributed by atoms with Gasteiger partial charge in [-0.05, 0) is 25.7 Å². The van der Waals surface area contributed by atoms with Gasteiger partial charge in [0, 0.05) is 6.42 Å². The molecule has 140 valence electrons. The lowest BCUT2D eigenvalue weighted by atomic mass is 10.1. The van der Waals surface area contributed by atoms with Crippen LogP contribution in [0.15, 0.2) is 12.2 Å². The fourth-order valence-electron chi connectivity index (χ4n) is 2.66. The zero-order valence-electron chi connectivity index (χ0n) is 14.6. The minimum absolute atomic E-state index is 0.0227. The highest BCUT2D eigenvalue weighted by Crippen LogP contribution is 2.18. The van der Waals surface area contributed by atoms with Gasteiger partial charge in [-0.3, -0.25) is 4.79 Å². The van der Waals surface area contributed by atoms with Gasteiger partial charge in [-0.1, -0.05) is 38.3 Å². The molecule has 3 N–H and O–H groups in total. The van der Waals surface area contributed by atoms with Crippen molar-refractivity contribution in [3.8, 4) is 0 Å². The lowest BCUT2D eigenvalue weighted by Gasteiger charge is -2.20. The molecule has 0 spiro atoms. The normalized spacial score (nSPS) is 25.2. The first kappa shape index (κ1) is 21.1. The van der Waals surface area contributed by atoms with E-state index in [9.17, 15) is 20.1 Å². The van der Waals surface area contributed by atoms with Crippen molar-refractivity contribution in [3.05, 3.63) is 12.2 Å². The molecule has 1 aliphatic heterocycles. The van der Waals surface area contributed by atoms with Crippen molar-refractivity contribution in [2.45, 2.75) is 82.7 Å². The summed E-state index contributed by atoms with van der Waals surface area (Å²) in [6.45, 7) is 1.88. The topological polar surface area (TPSA) is 96.2 Å². The van der Waals surface area contributed by atoms with E-state index in [0.29, 0.717) is 6.42 Å². The van der Waals surface area contributed by atoms with E-state index in [4.69, 9.17) is 9.47 Å². The number of carbonyl (C=O) groups excluding carboxylic acids is 1. The zero-order chi connectivity index (χ0) is 17.8. The van der Waals surface area contributed by atoms with Gasteiger partial charge in [0.05, 0.1) is 6.61 Å². The number of allylic oxidation sites excluding steroid dienone is 2. The fraction of sp³-hybridized carbons (Fsp3) is 0.833. The number of carbonyl (C=O) groups is 1. The predicted octanol–water partition coefficient (Wildman–Crippen LogP) is 1.71. The Kier molecular flexibility index (Phi) is 10.9. The average molecular weight is 344 g/mol. The zero-order valence-corrected chi connectivity index (χ0v) is 14.6. The molecule has 0 radical (unpaired) electrons. The smallest absolute Gasteiger partial charge is 0.305 e. The Morgan fingerprint density at radius 2 is 1.92 bits per heavy atom. The summed E-state index contributed by atoms with van der Waals surface area (Å²) in [5.41, 5.74) is 0. The van der Waals surface area contributed by atoms with Crippen molar-refractivity contribution in [1.82, 2.24) is 0 Å². The van der Waals surface area contributed by atoms with E-state index in [1.54, 1.807) is 0 Å². The first-order valence-electron chi connectivity index (χ1n) is 9.02. The second-order valence-corrected chi connectivity index (χ2v) is 6.29. The van der Waals surface area contributed by atoms with E-state index in [1.165, 1.54) is 12.8 Å². The van der Waals surface area contributed by atoms with Crippen LogP contribution < -0.4 is 0 Å². The second-order valence-electron chi connectivity index (χ2n) is 6.29. The third-order valence-electron chi connectivity index (χ3n) is 4.14. The summed E-state index contributed by atoms with van der Waals surface area (Å²) in [6.07, 6.45) is 7.98. The Labute approximate surface area is 144 Å². The molecule has 0 amide bonds. The quantitative estimate of drug-likeness (QED) is 0.283. The number of unbranched alkanes of at least 4 members (excludes halogenated alkanes) is 5. The lowest BCUT2D eigenvalue weighted by molar-refractivity contribution is -0.151. The van der Waals surface area contributed by atoms with Gasteiger partial charge in [0.15, 0.2) is 0 Å². The molecule has 0 aromatic rings. The maximum Gasteiger partial charge on any atom is 0.305 e. The van der Waals surface area contributed by atoms with Gasteiger partial charge >= 0.3 is 5.97 Å². The van der Waals surface area contributed by atoms with E-state index in [-0.39, 0.29) is 19.2 Å². The van der Waals surface area contributed by atoms with Gasteiger partial charge in [-0.2, -0.15) is 0 Å². The Morgan fingerprint density at radius 1 is 1.21 bits per heavy atom. The molecule has 0 aromatic carbocycles. The molecule has 4 atom stereocenters. The molecule has 0 bridgehead atoms. The van der Waals surface area contributed by atoms with Gasteiger partial charge in [-0.15, -0.1) is 0 Å². The van der Waals surface area contributed by atoms with Crippen LogP contribution in [0.1, 0.15) is 58.3 Å². The highest BCUT2D eigenvalue weighted by Gasteiger charge is 2.39. The maximum absolute atomic E-state index is 11.6. The van der Waals surface area contributed by atoms with Crippen molar-refractivity contribution in [2.75, 3.05) is 13.2 Å². The van der Waals surface area contributed by atoms with E-state index in [2.05, 4.69) is 19.1 Å². The van der Waals surface area contributed by atoms with Crippen LogP contribution in [0.25, 0.3) is 0 Å². The lowest BCUT2D eigenvalue weighted by Crippen LogP contribution is -2.41. The van der Waals surface area contributed by atoms with Crippen molar-refractivity contribution in [1.29, 1.82) is 0 Å². The summed E-state index contributed by atoms with van der Waals surface area (Å²) < 4.78 is 10.1. The van der Waals surface area contributed by atoms with Crippen molar-refractivity contribution < 1.29 is 29.6 Å². The van der Waals surface area contributed by atoms with E-state index in [1.807, 2.05) is 0 Å². The molecule has 6 heteroatoms. The SMILES string of the molecule is CC/C=C/CCCCCCCC(=O)OCC(O)C1OCC(O)C1O. The molecule has 6 nitrogen and oxygen atoms in total. The number of hydrogen-bond donors (Lipinski definition) is 3. The van der Waals surface area contributed by atoms with Crippen LogP contribution in [-0.2, 0) is 14.3 Å². The molecule has 0 aliphatic carbocycles. The number of aliphatic hydroxyl groups excluding tert-OH is 3. The van der Waals surface area contributed by atoms with Crippen LogP contribution in [0, 0.1) is 0 Å². The van der Waals surface area contributed by atoms with Crippen LogP contribution in [-0.4, -0.2) is 58.9 Å². The van der Waals surface area contributed by atoms with Gasteiger partial charge in [0.25, 0.3) is 0 Å². The molecule has 0 saturated carbocycles. The van der Waals surface area contributed by atoms with Gasteiger partial charge in [0.1, 0.15) is 31.0 Å². The van der Waals surface area contributed by atoms with Crippen LogP contribution in [0.2, 0.25) is 0 Å². The predicted molar refractivity (Wildman–Crippen MR) is 90.5 cm³/mol. The molecule has 1 aliphatic rings. The number of rotatable bonds is 12. The molecule has 24 heavy (non-hydrogen) atoms. The largest absolute Gasteiger partial charge is 0.463 e. The minimum Gasteiger partial charge on any atom is -0.463 e.